The van der Waals surface area contributed by atoms with E-state index in [4.69, 9.17) is 0 Å². The van der Waals surface area contributed by atoms with Crippen molar-refractivity contribution in [3.8, 4) is 0 Å². The van der Waals surface area contributed by atoms with E-state index < -0.39 is 0 Å². The van der Waals surface area contributed by atoms with E-state index in [1.54, 1.807) is 0 Å². The average molecular weight is 380 g/mol. The molecule has 28 heavy (non-hydrogen) atoms. The van der Waals surface area contributed by atoms with Gasteiger partial charge < -0.3 is 19.6 Å². The van der Waals surface area contributed by atoms with E-state index in [1.165, 1.54) is 0 Å². The SMILES string of the molecule is CCN1CCN(C(=O)c2ccc(N3CCN(c4ccccn4)CC3)cn2)CC1. The molecule has 0 aromatic carbocycles. The van der Waals surface area contributed by atoms with Crippen molar-refractivity contribution in [3.05, 3.63) is 48.4 Å². The highest BCUT2D eigenvalue weighted by molar-refractivity contribution is 5.92. The van der Waals surface area contributed by atoms with Gasteiger partial charge in [0, 0.05) is 58.6 Å². The summed E-state index contributed by atoms with van der Waals surface area (Å²) in [5, 5.41) is 0. The third kappa shape index (κ3) is 4.09. The lowest BCUT2D eigenvalue weighted by Gasteiger charge is -2.36. The van der Waals surface area contributed by atoms with Crippen LogP contribution in [-0.2, 0) is 0 Å². The fourth-order valence-corrected chi connectivity index (χ4v) is 3.86. The molecule has 2 aromatic heterocycles. The zero-order valence-electron chi connectivity index (χ0n) is 16.5. The van der Waals surface area contributed by atoms with Gasteiger partial charge in [-0.15, -0.1) is 0 Å². The van der Waals surface area contributed by atoms with Gasteiger partial charge in [-0.25, -0.2) is 9.97 Å². The first kappa shape index (κ1) is 18.7. The molecule has 0 spiro atoms. The summed E-state index contributed by atoms with van der Waals surface area (Å²) >= 11 is 0. The lowest BCUT2D eigenvalue weighted by atomic mass is 10.2. The number of piperazine rings is 2. The number of carbonyl (C=O) groups is 1. The predicted molar refractivity (Wildman–Crippen MR) is 111 cm³/mol. The summed E-state index contributed by atoms with van der Waals surface area (Å²) < 4.78 is 0. The molecule has 0 bridgehead atoms. The predicted octanol–water partition coefficient (Wildman–Crippen LogP) is 1.58. The van der Waals surface area contributed by atoms with Gasteiger partial charge in [-0.05, 0) is 30.8 Å². The second kappa shape index (κ2) is 8.56. The summed E-state index contributed by atoms with van der Waals surface area (Å²) in [5.41, 5.74) is 1.62. The Balaban J connectivity index is 1.33. The minimum absolute atomic E-state index is 0.0438. The molecule has 2 aliphatic heterocycles. The lowest BCUT2D eigenvalue weighted by Crippen LogP contribution is -2.48. The van der Waals surface area contributed by atoms with Gasteiger partial charge in [0.25, 0.3) is 5.91 Å². The van der Waals surface area contributed by atoms with Crippen LogP contribution in [0.5, 0.6) is 0 Å². The molecule has 7 nitrogen and oxygen atoms in total. The normalized spacial score (nSPS) is 18.4. The van der Waals surface area contributed by atoms with Crippen LogP contribution < -0.4 is 9.80 Å². The Labute approximate surface area is 166 Å². The molecule has 7 heteroatoms. The summed E-state index contributed by atoms with van der Waals surface area (Å²) in [6, 6.07) is 9.92. The van der Waals surface area contributed by atoms with Gasteiger partial charge >= 0.3 is 0 Å². The van der Waals surface area contributed by atoms with Crippen molar-refractivity contribution in [1.82, 2.24) is 19.8 Å². The van der Waals surface area contributed by atoms with Crippen molar-refractivity contribution in [2.45, 2.75) is 6.92 Å². The molecule has 0 atom stereocenters. The molecule has 148 valence electrons. The van der Waals surface area contributed by atoms with E-state index in [-0.39, 0.29) is 5.91 Å². The zero-order valence-corrected chi connectivity index (χ0v) is 16.5. The van der Waals surface area contributed by atoms with Crippen LogP contribution >= 0.6 is 0 Å². The molecule has 2 aromatic rings. The number of hydrogen-bond donors (Lipinski definition) is 0. The maximum atomic E-state index is 12.7. The van der Waals surface area contributed by atoms with E-state index in [2.05, 4.69) is 37.7 Å². The quantitative estimate of drug-likeness (QED) is 0.803. The first-order valence-electron chi connectivity index (χ1n) is 10.1. The van der Waals surface area contributed by atoms with E-state index >= 15 is 0 Å². The molecular formula is C21H28N6O. The third-order valence-corrected chi connectivity index (χ3v) is 5.69. The van der Waals surface area contributed by atoms with E-state index in [9.17, 15) is 4.79 Å². The molecule has 4 rings (SSSR count). The standard InChI is InChI=1S/C21H28N6O/c1-2-24-9-11-27(12-10-24)21(28)19-7-6-18(17-23-19)25-13-15-26(16-14-25)20-5-3-4-8-22-20/h3-8,17H,2,9-16H2,1H3. The highest BCUT2D eigenvalue weighted by Gasteiger charge is 2.23. The monoisotopic (exact) mass is 380 g/mol. The Hall–Kier alpha value is -2.67. The maximum absolute atomic E-state index is 12.7. The van der Waals surface area contributed by atoms with Crippen molar-refractivity contribution >= 4 is 17.4 Å². The highest BCUT2D eigenvalue weighted by Crippen LogP contribution is 2.19. The van der Waals surface area contributed by atoms with Crippen LogP contribution in [0.4, 0.5) is 11.5 Å². The van der Waals surface area contributed by atoms with Crippen LogP contribution in [0.2, 0.25) is 0 Å². The van der Waals surface area contributed by atoms with Gasteiger partial charge in [0.05, 0.1) is 11.9 Å². The largest absolute Gasteiger partial charge is 0.367 e. The van der Waals surface area contributed by atoms with Crippen LogP contribution in [0.3, 0.4) is 0 Å². The summed E-state index contributed by atoms with van der Waals surface area (Å²) in [6.07, 6.45) is 3.68. The first-order valence-corrected chi connectivity index (χ1v) is 10.1. The number of carbonyl (C=O) groups excluding carboxylic acids is 1. The first-order chi connectivity index (χ1) is 13.7. The molecule has 2 saturated heterocycles. The molecule has 0 aliphatic carbocycles. The van der Waals surface area contributed by atoms with Crippen LogP contribution in [0.1, 0.15) is 17.4 Å². The molecule has 0 saturated carbocycles. The van der Waals surface area contributed by atoms with Crippen molar-refractivity contribution < 1.29 is 4.79 Å². The van der Waals surface area contributed by atoms with Gasteiger partial charge in [0.15, 0.2) is 0 Å². The zero-order chi connectivity index (χ0) is 19.3. The Bertz CT molecular complexity index is 765. The van der Waals surface area contributed by atoms with Gasteiger partial charge in [-0.1, -0.05) is 13.0 Å². The number of nitrogens with zero attached hydrogens (tertiary/aromatic N) is 6. The fourth-order valence-electron chi connectivity index (χ4n) is 3.86. The number of amides is 1. The minimum atomic E-state index is 0.0438. The van der Waals surface area contributed by atoms with E-state index in [0.29, 0.717) is 5.69 Å². The Morgan fingerprint density at radius 2 is 1.64 bits per heavy atom. The highest BCUT2D eigenvalue weighted by atomic mass is 16.2. The number of likely N-dealkylation sites (N-methyl/N-ethyl adjacent to an activating group) is 1. The molecule has 1 amide bonds. The smallest absolute Gasteiger partial charge is 0.272 e. The second-order valence-corrected chi connectivity index (χ2v) is 7.29. The minimum Gasteiger partial charge on any atom is -0.367 e. The van der Waals surface area contributed by atoms with E-state index in [1.807, 2.05) is 41.6 Å². The molecule has 0 N–H and O–H groups in total. The summed E-state index contributed by atoms with van der Waals surface area (Å²) in [7, 11) is 0. The molecule has 2 fully saturated rings. The molecule has 0 unspecified atom stereocenters. The van der Waals surface area contributed by atoms with Crippen LogP contribution in [-0.4, -0.2) is 84.6 Å². The summed E-state index contributed by atoms with van der Waals surface area (Å²) in [6.45, 7) is 10.4. The summed E-state index contributed by atoms with van der Waals surface area (Å²) in [5.74, 6) is 1.08. The van der Waals surface area contributed by atoms with Crippen molar-refractivity contribution in [2.24, 2.45) is 0 Å². The van der Waals surface area contributed by atoms with Crippen molar-refractivity contribution in [2.75, 3.05) is 68.7 Å². The van der Waals surface area contributed by atoms with Gasteiger partial charge in [0.1, 0.15) is 11.5 Å². The lowest BCUT2D eigenvalue weighted by molar-refractivity contribution is 0.0637. The number of aromatic nitrogens is 2. The third-order valence-electron chi connectivity index (χ3n) is 5.69. The fraction of sp³-hybridized carbons (Fsp3) is 0.476. The number of rotatable bonds is 4. The van der Waals surface area contributed by atoms with Crippen LogP contribution in [0, 0.1) is 0 Å². The Morgan fingerprint density at radius 3 is 2.25 bits per heavy atom. The number of hydrogen-bond acceptors (Lipinski definition) is 6. The van der Waals surface area contributed by atoms with Gasteiger partial charge in [0.2, 0.25) is 0 Å². The van der Waals surface area contributed by atoms with Gasteiger partial charge in [-0.2, -0.15) is 0 Å². The maximum Gasteiger partial charge on any atom is 0.272 e. The van der Waals surface area contributed by atoms with Crippen molar-refractivity contribution in [3.63, 3.8) is 0 Å². The molecule has 4 heterocycles. The van der Waals surface area contributed by atoms with Crippen LogP contribution in [0.15, 0.2) is 42.7 Å². The number of pyridine rings is 2. The van der Waals surface area contributed by atoms with Gasteiger partial charge in [-0.3, -0.25) is 4.79 Å². The molecular weight excluding hydrogens is 352 g/mol. The number of anilines is 2. The molecule has 0 radical (unpaired) electrons. The topological polar surface area (TPSA) is 55.8 Å². The molecule has 2 aliphatic rings. The van der Waals surface area contributed by atoms with Crippen LogP contribution in [0.25, 0.3) is 0 Å². The average Bonchev–Trinajstić information content (AvgIpc) is 2.79. The van der Waals surface area contributed by atoms with E-state index in [0.717, 1.165) is 70.4 Å². The Kier molecular flexibility index (Phi) is 5.71. The second-order valence-electron chi connectivity index (χ2n) is 7.29. The Morgan fingerprint density at radius 1 is 0.893 bits per heavy atom. The summed E-state index contributed by atoms with van der Waals surface area (Å²) in [4.78, 5) is 30.5. The van der Waals surface area contributed by atoms with Crippen molar-refractivity contribution in [1.29, 1.82) is 0 Å².